The minimum Gasteiger partial charge on any atom is -0.431 e. The molecular formula is C8H4BrF5O2. The first-order valence-corrected chi connectivity index (χ1v) is 4.57. The van der Waals surface area contributed by atoms with Gasteiger partial charge in [-0.25, -0.2) is 0 Å². The average Bonchev–Trinajstić information content (AvgIpc) is 2.06. The lowest BCUT2D eigenvalue weighted by atomic mass is 10.3. The molecule has 1 rings (SSSR count). The molecule has 0 saturated heterocycles. The van der Waals surface area contributed by atoms with Gasteiger partial charge in [-0.3, -0.25) is 0 Å². The molecule has 0 N–H and O–H groups in total. The van der Waals surface area contributed by atoms with Crippen molar-refractivity contribution >= 4 is 15.9 Å². The monoisotopic (exact) mass is 306 g/mol. The zero-order chi connectivity index (χ0) is 12.3. The predicted molar refractivity (Wildman–Crippen MR) is 47.5 cm³/mol. The molecule has 0 atom stereocenters. The van der Waals surface area contributed by atoms with Crippen molar-refractivity contribution in [2.24, 2.45) is 0 Å². The molecule has 90 valence electrons. The van der Waals surface area contributed by atoms with Gasteiger partial charge in [-0.1, -0.05) is 15.9 Å². The highest BCUT2D eigenvalue weighted by atomic mass is 79.9. The average molecular weight is 307 g/mol. The lowest BCUT2D eigenvalue weighted by Gasteiger charge is -2.13. The van der Waals surface area contributed by atoms with Gasteiger partial charge in [-0.2, -0.15) is 8.78 Å². The van der Waals surface area contributed by atoms with E-state index in [-0.39, 0.29) is 4.47 Å². The Bertz CT molecular complexity index is 366. The van der Waals surface area contributed by atoms with Crippen LogP contribution in [-0.4, -0.2) is 13.0 Å². The maximum Gasteiger partial charge on any atom is 0.573 e. The van der Waals surface area contributed by atoms with Crippen LogP contribution in [0.15, 0.2) is 22.7 Å². The summed E-state index contributed by atoms with van der Waals surface area (Å²) in [4.78, 5) is 0. The lowest BCUT2D eigenvalue weighted by molar-refractivity contribution is -0.275. The Morgan fingerprint density at radius 1 is 1.12 bits per heavy atom. The van der Waals surface area contributed by atoms with Crippen molar-refractivity contribution in [3.8, 4) is 11.5 Å². The van der Waals surface area contributed by atoms with Gasteiger partial charge >= 0.3 is 13.0 Å². The highest BCUT2D eigenvalue weighted by Crippen LogP contribution is 2.35. The van der Waals surface area contributed by atoms with Gasteiger partial charge in [0, 0.05) is 4.47 Å². The van der Waals surface area contributed by atoms with Crippen LogP contribution in [0, 0.1) is 0 Å². The summed E-state index contributed by atoms with van der Waals surface area (Å²) in [6, 6.07) is 3.07. The number of rotatable bonds is 3. The zero-order valence-electron chi connectivity index (χ0n) is 7.39. The molecule has 0 bridgehead atoms. The fourth-order valence-corrected chi connectivity index (χ4v) is 1.22. The number of alkyl halides is 5. The molecule has 0 radical (unpaired) electrons. The van der Waals surface area contributed by atoms with Crippen LogP contribution in [-0.2, 0) is 0 Å². The van der Waals surface area contributed by atoms with Gasteiger partial charge in [0.1, 0.15) is 0 Å². The fourth-order valence-electron chi connectivity index (χ4n) is 0.880. The smallest absolute Gasteiger partial charge is 0.431 e. The van der Waals surface area contributed by atoms with Crippen LogP contribution < -0.4 is 9.47 Å². The van der Waals surface area contributed by atoms with Crippen LogP contribution in [0.4, 0.5) is 22.0 Å². The van der Waals surface area contributed by atoms with E-state index >= 15 is 0 Å². The van der Waals surface area contributed by atoms with E-state index in [1.165, 1.54) is 6.07 Å². The van der Waals surface area contributed by atoms with Gasteiger partial charge in [0.05, 0.1) is 0 Å². The third-order valence-corrected chi connectivity index (χ3v) is 1.84. The summed E-state index contributed by atoms with van der Waals surface area (Å²) < 4.78 is 67.1. The molecule has 1 aromatic carbocycles. The van der Waals surface area contributed by atoms with Crippen molar-refractivity contribution in [3.05, 3.63) is 22.7 Å². The summed E-state index contributed by atoms with van der Waals surface area (Å²) in [5.74, 6) is -1.52. The van der Waals surface area contributed by atoms with Gasteiger partial charge < -0.3 is 9.47 Å². The van der Waals surface area contributed by atoms with Gasteiger partial charge in [0.25, 0.3) is 0 Å². The second-order valence-corrected chi connectivity index (χ2v) is 3.43. The SMILES string of the molecule is FC(F)Oc1ccc(Br)cc1OC(F)(F)F. The minimum atomic E-state index is -4.97. The highest BCUT2D eigenvalue weighted by molar-refractivity contribution is 9.10. The number of halogens is 6. The quantitative estimate of drug-likeness (QED) is 0.787. The molecule has 16 heavy (non-hydrogen) atoms. The Morgan fingerprint density at radius 2 is 1.75 bits per heavy atom. The first-order valence-electron chi connectivity index (χ1n) is 3.78. The van der Waals surface area contributed by atoms with E-state index in [0.29, 0.717) is 0 Å². The van der Waals surface area contributed by atoms with E-state index in [2.05, 4.69) is 25.4 Å². The second kappa shape index (κ2) is 4.86. The van der Waals surface area contributed by atoms with E-state index in [1.54, 1.807) is 0 Å². The van der Waals surface area contributed by atoms with Crippen LogP contribution in [0.25, 0.3) is 0 Å². The third-order valence-electron chi connectivity index (χ3n) is 1.35. The minimum absolute atomic E-state index is 0.244. The Balaban J connectivity index is 2.98. The Kier molecular flexibility index (Phi) is 3.95. The third kappa shape index (κ3) is 4.21. The number of hydrogen-bond acceptors (Lipinski definition) is 2. The molecule has 1 aromatic rings. The summed E-state index contributed by atoms with van der Waals surface area (Å²) >= 11 is 2.88. The summed E-state index contributed by atoms with van der Waals surface area (Å²) in [6.45, 7) is -3.23. The van der Waals surface area contributed by atoms with Crippen molar-refractivity contribution in [2.75, 3.05) is 0 Å². The van der Waals surface area contributed by atoms with Crippen molar-refractivity contribution < 1.29 is 31.4 Å². The lowest BCUT2D eigenvalue weighted by Crippen LogP contribution is -2.18. The Morgan fingerprint density at radius 3 is 2.25 bits per heavy atom. The fraction of sp³-hybridized carbons (Fsp3) is 0.250. The predicted octanol–water partition coefficient (Wildman–Crippen LogP) is 3.95. The van der Waals surface area contributed by atoms with E-state index < -0.39 is 24.5 Å². The molecule has 0 aromatic heterocycles. The summed E-state index contributed by atoms with van der Waals surface area (Å²) in [5.41, 5.74) is 0. The van der Waals surface area contributed by atoms with E-state index in [4.69, 9.17) is 0 Å². The Hall–Kier alpha value is -1.05. The maximum absolute atomic E-state index is 11.9. The Labute approximate surface area is 95.1 Å². The largest absolute Gasteiger partial charge is 0.573 e. The summed E-state index contributed by atoms with van der Waals surface area (Å²) in [7, 11) is 0. The molecular weight excluding hydrogens is 303 g/mol. The molecule has 8 heteroatoms. The standard InChI is InChI=1S/C8H4BrF5O2/c9-4-1-2-5(15-7(10)11)6(3-4)16-8(12,13)14/h1-3,7H. The molecule has 0 aliphatic carbocycles. The van der Waals surface area contributed by atoms with Crippen LogP contribution in [0.1, 0.15) is 0 Å². The normalized spacial score (nSPS) is 11.7. The number of benzene rings is 1. The maximum atomic E-state index is 11.9. The summed E-state index contributed by atoms with van der Waals surface area (Å²) in [6.07, 6.45) is -4.97. The van der Waals surface area contributed by atoms with Crippen molar-refractivity contribution in [2.45, 2.75) is 13.0 Å². The molecule has 2 nitrogen and oxygen atoms in total. The number of hydrogen-bond donors (Lipinski definition) is 0. The van der Waals surface area contributed by atoms with E-state index in [0.717, 1.165) is 12.1 Å². The van der Waals surface area contributed by atoms with Crippen LogP contribution in [0.3, 0.4) is 0 Å². The molecule has 0 spiro atoms. The second-order valence-electron chi connectivity index (χ2n) is 2.52. The zero-order valence-corrected chi connectivity index (χ0v) is 8.98. The van der Waals surface area contributed by atoms with Crippen LogP contribution in [0.2, 0.25) is 0 Å². The topological polar surface area (TPSA) is 18.5 Å². The highest BCUT2D eigenvalue weighted by Gasteiger charge is 2.32. The molecule has 0 fully saturated rings. The van der Waals surface area contributed by atoms with Crippen LogP contribution in [0.5, 0.6) is 11.5 Å². The molecule has 0 saturated carbocycles. The van der Waals surface area contributed by atoms with Crippen molar-refractivity contribution in [3.63, 3.8) is 0 Å². The van der Waals surface area contributed by atoms with Crippen molar-refractivity contribution in [1.29, 1.82) is 0 Å². The van der Waals surface area contributed by atoms with Gasteiger partial charge in [-0.15, -0.1) is 13.2 Å². The van der Waals surface area contributed by atoms with E-state index in [1.807, 2.05) is 0 Å². The molecule has 0 unspecified atom stereocenters. The molecule has 0 heterocycles. The molecule has 0 aliphatic rings. The first-order chi connectivity index (χ1) is 7.28. The number of ether oxygens (including phenoxy) is 2. The van der Waals surface area contributed by atoms with Gasteiger partial charge in [-0.05, 0) is 18.2 Å². The van der Waals surface area contributed by atoms with Gasteiger partial charge in [0.2, 0.25) is 0 Å². The van der Waals surface area contributed by atoms with Crippen LogP contribution >= 0.6 is 15.9 Å². The molecule has 0 aliphatic heterocycles. The van der Waals surface area contributed by atoms with E-state index in [9.17, 15) is 22.0 Å². The van der Waals surface area contributed by atoms with Gasteiger partial charge in [0.15, 0.2) is 11.5 Å². The molecule has 0 amide bonds. The first kappa shape index (κ1) is 13.0. The van der Waals surface area contributed by atoms with Crippen molar-refractivity contribution in [1.82, 2.24) is 0 Å². The summed E-state index contributed by atoms with van der Waals surface area (Å²) in [5, 5.41) is 0.